The summed E-state index contributed by atoms with van der Waals surface area (Å²) in [5.74, 6) is 0.977. The smallest absolute Gasteiger partial charge is 0.134 e. The predicted molar refractivity (Wildman–Crippen MR) is 54.1 cm³/mol. The standard InChI is InChI=1S/C12H12O2/c13-9-5-3-7-11-12(9)8-4-1-2-6-10(8)14-11/h1-2,4,6,9,13H,3,5,7H2. The molecule has 1 unspecified atom stereocenters. The van der Waals surface area contributed by atoms with Crippen molar-refractivity contribution in [3.05, 3.63) is 35.6 Å². The SMILES string of the molecule is OC1CCCc2oc3ccccc3c21. The Bertz CT molecular complexity index is 470. The molecule has 1 N–H and O–H groups in total. The first kappa shape index (κ1) is 8.06. The zero-order chi connectivity index (χ0) is 9.54. The molecule has 0 saturated carbocycles. The topological polar surface area (TPSA) is 33.4 Å². The highest BCUT2D eigenvalue weighted by Gasteiger charge is 2.24. The molecular weight excluding hydrogens is 176 g/mol. The lowest BCUT2D eigenvalue weighted by atomic mass is 9.93. The van der Waals surface area contributed by atoms with Gasteiger partial charge in [0.1, 0.15) is 11.3 Å². The first-order valence-electron chi connectivity index (χ1n) is 5.04. The monoisotopic (exact) mass is 188 g/mol. The molecule has 1 heterocycles. The Kier molecular flexibility index (Phi) is 1.64. The maximum absolute atomic E-state index is 9.89. The Balaban J connectivity index is 2.34. The quantitative estimate of drug-likeness (QED) is 0.689. The molecule has 3 rings (SSSR count). The second kappa shape index (κ2) is 2.85. The van der Waals surface area contributed by atoms with Crippen molar-refractivity contribution in [2.24, 2.45) is 0 Å². The van der Waals surface area contributed by atoms with Gasteiger partial charge in [-0.2, -0.15) is 0 Å². The third-order valence-electron chi connectivity index (χ3n) is 2.93. The van der Waals surface area contributed by atoms with Gasteiger partial charge in [-0.05, 0) is 18.9 Å². The van der Waals surface area contributed by atoms with Crippen molar-refractivity contribution >= 4 is 11.0 Å². The highest BCUT2D eigenvalue weighted by Crippen LogP contribution is 2.37. The molecule has 0 spiro atoms. The molecule has 0 radical (unpaired) electrons. The van der Waals surface area contributed by atoms with Crippen molar-refractivity contribution in [1.82, 2.24) is 0 Å². The molecule has 0 aliphatic heterocycles. The lowest BCUT2D eigenvalue weighted by molar-refractivity contribution is 0.154. The van der Waals surface area contributed by atoms with Crippen LogP contribution in [0.3, 0.4) is 0 Å². The fourth-order valence-electron chi connectivity index (χ4n) is 2.27. The fraction of sp³-hybridized carbons (Fsp3) is 0.333. The maximum atomic E-state index is 9.89. The Morgan fingerprint density at radius 1 is 1.29 bits per heavy atom. The summed E-state index contributed by atoms with van der Waals surface area (Å²) in [6, 6.07) is 7.93. The summed E-state index contributed by atoms with van der Waals surface area (Å²) in [6.07, 6.45) is 2.51. The Hall–Kier alpha value is -1.28. The molecule has 0 bridgehead atoms. The van der Waals surface area contributed by atoms with Crippen LogP contribution >= 0.6 is 0 Å². The molecule has 0 saturated heterocycles. The van der Waals surface area contributed by atoms with Crippen LogP contribution in [0.5, 0.6) is 0 Å². The first-order valence-corrected chi connectivity index (χ1v) is 5.04. The molecule has 1 aliphatic carbocycles. The molecule has 2 aromatic rings. The molecular formula is C12H12O2. The van der Waals surface area contributed by atoms with Gasteiger partial charge in [0, 0.05) is 17.4 Å². The average Bonchev–Trinajstić information content (AvgIpc) is 2.57. The van der Waals surface area contributed by atoms with Crippen LogP contribution in [0.4, 0.5) is 0 Å². The molecule has 2 heteroatoms. The normalized spacial score (nSPS) is 21.1. The molecule has 72 valence electrons. The summed E-state index contributed by atoms with van der Waals surface area (Å²) in [5, 5.41) is 11.0. The second-order valence-corrected chi connectivity index (χ2v) is 3.84. The minimum absolute atomic E-state index is 0.331. The van der Waals surface area contributed by atoms with Crippen LogP contribution in [0.1, 0.15) is 30.3 Å². The molecule has 0 fully saturated rings. The van der Waals surface area contributed by atoms with Crippen LogP contribution in [-0.2, 0) is 6.42 Å². The van der Waals surface area contributed by atoms with E-state index in [9.17, 15) is 5.11 Å². The number of furan rings is 1. The van der Waals surface area contributed by atoms with E-state index in [0.29, 0.717) is 0 Å². The van der Waals surface area contributed by atoms with E-state index in [1.54, 1.807) is 0 Å². The van der Waals surface area contributed by atoms with E-state index >= 15 is 0 Å². The number of hydrogen-bond acceptors (Lipinski definition) is 2. The van der Waals surface area contributed by atoms with E-state index in [1.165, 1.54) is 0 Å². The van der Waals surface area contributed by atoms with Crippen LogP contribution < -0.4 is 0 Å². The number of fused-ring (bicyclic) bond motifs is 3. The summed E-state index contributed by atoms with van der Waals surface area (Å²) in [6.45, 7) is 0. The Morgan fingerprint density at radius 2 is 2.14 bits per heavy atom. The molecule has 1 aromatic heterocycles. The predicted octanol–water partition coefficient (Wildman–Crippen LogP) is 2.80. The average molecular weight is 188 g/mol. The largest absolute Gasteiger partial charge is 0.461 e. The van der Waals surface area contributed by atoms with E-state index in [2.05, 4.69) is 0 Å². The minimum atomic E-state index is -0.331. The van der Waals surface area contributed by atoms with Crippen molar-refractivity contribution in [3.8, 4) is 0 Å². The van der Waals surface area contributed by atoms with Gasteiger partial charge in [-0.1, -0.05) is 18.2 Å². The summed E-state index contributed by atoms with van der Waals surface area (Å²) < 4.78 is 5.70. The van der Waals surface area contributed by atoms with Crippen LogP contribution in [-0.4, -0.2) is 5.11 Å². The molecule has 0 amide bonds. The van der Waals surface area contributed by atoms with Gasteiger partial charge in [0.05, 0.1) is 6.10 Å². The van der Waals surface area contributed by atoms with Crippen LogP contribution in [0.15, 0.2) is 28.7 Å². The number of rotatable bonds is 0. The van der Waals surface area contributed by atoms with Crippen molar-refractivity contribution in [3.63, 3.8) is 0 Å². The van der Waals surface area contributed by atoms with Crippen molar-refractivity contribution < 1.29 is 9.52 Å². The zero-order valence-electron chi connectivity index (χ0n) is 7.86. The van der Waals surface area contributed by atoms with Gasteiger partial charge in [0.2, 0.25) is 0 Å². The summed E-state index contributed by atoms with van der Waals surface area (Å²) in [5.41, 5.74) is 1.92. The molecule has 1 atom stereocenters. The minimum Gasteiger partial charge on any atom is -0.461 e. The van der Waals surface area contributed by atoms with Crippen molar-refractivity contribution in [1.29, 1.82) is 0 Å². The van der Waals surface area contributed by atoms with Gasteiger partial charge in [-0.15, -0.1) is 0 Å². The van der Waals surface area contributed by atoms with Crippen LogP contribution in [0, 0.1) is 0 Å². The van der Waals surface area contributed by atoms with Gasteiger partial charge in [-0.3, -0.25) is 0 Å². The van der Waals surface area contributed by atoms with Gasteiger partial charge in [0.25, 0.3) is 0 Å². The molecule has 2 nitrogen and oxygen atoms in total. The summed E-state index contributed by atoms with van der Waals surface area (Å²) in [4.78, 5) is 0. The van der Waals surface area contributed by atoms with E-state index < -0.39 is 0 Å². The maximum Gasteiger partial charge on any atom is 0.134 e. The van der Waals surface area contributed by atoms with E-state index in [0.717, 1.165) is 41.6 Å². The fourth-order valence-corrected chi connectivity index (χ4v) is 2.27. The number of benzene rings is 1. The van der Waals surface area contributed by atoms with Gasteiger partial charge >= 0.3 is 0 Å². The molecule has 14 heavy (non-hydrogen) atoms. The highest BCUT2D eigenvalue weighted by molar-refractivity contribution is 5.82. The lowest BCUT2D eigenvalue weighted by Crippen LogP contribution is -2.06. The lowest BCUT2D eigenvalue weighted by Gasteiger charge is -2.15. The zero-order valence-corrected chi connectivity index (χ0v) is 7.86. The number of aliphatic hydroxyl groups is 1. The van der Waals surface area contributed by atoms with Crippen molar-refractivity contribution in [2.45, 2.75) is 25.4 Å². The van der Waals surface area contributed by atoms with Crippen LogP contribution in [0.25, 0.3) is 11.0 Å². The number of para-hydroxylation sites is 1. The van der Waals surface area contributed by atoms with E-state index in [4.69, 9.17) is 4.42 Å². The van der Waals surface area contributed by atoms with Gasteiger partial charge in [0.15, 0.2) is 0 Å². The summed E-state index contributed by atoms with van der Waals surface area (Å²) >= 11 is 0. The number of hydrogen-bond donors (Lipinski definition) is 1. The van der Waals surface area contributed by atoms with E-state index in [-0.39, 0.29) is 6.10 Å². The Morgan fingerprint density at radius 3 is 3.07 bits per heavy atom. The number of aryl methyl sites for hydroxylation is 1. The van der Waals surface area contributed by atoms with E-state index in [1.807, 2.05) is 24.3 Å². The second-order valence-electron chi connectivity index (χ2n) is 3.84. The van der Waals surface area contributed by atoms with Crippen molar-refractivity contribution in [2.75, 3.05) is 0 Å². The van der Waals surface area contributed by atoms with Gasteiger partial charge in [-0.25, -0.2) is 0 Å². The highest BCUT2D eigenvalue weighted by atomic mass is 16.3. The Labute approximate surface area is 82.2 Å². The third kappa shape index (κ3) is 1.01. The third-order valence-corrected chi connectivity index (χ3v) is 2.93. The molecule has 1 aliphatic rings. The van der Waals surface area contributed by atoms with Crippen LogP contribution in [0.2, 0.25) is 0 Å². The first-order chi connectivity index (χ1) is 6.86. The molecule has 1 aromatic carbocycles. The van der Waals surface area contributed by atoms with Gasteiger partial charge < -0.3 is 9.52 Å². The number of aliphatic hydroxyl groups excluding tert-OH is 1. The summed E-state index contributed by atoms with van der Waals surface area (Å²) in [7, 11) is 0.